The number of alkyl halides is 2. The summed E-state index contributed by atoms with van der Waals surface area (Å²) in [4.78, 5) is 0.757. The van der Waals surface area contributed by atoms with Crippen LogP contribution < -0.4 is 5.73 Å². The van der Waals surface area contributed by atoms with Crippen molar-refractivity contribution in [1.82, 2.24) is 0 Å². The van der Waals surface area contributed by atoms with Crippen molar-refractivity contribution in [1.29, 1.82) is 0 Å². The van der Waals surface area contributed by atoms with E-state index in [4.69, 9.17) is 17.3 Å². The van der Waals surface area contributed by atoms with E-state index >= 15 is 0 Å². The van der Waals surface area contributed by atoms with E-state index in [1.54, 1.807) is 18.2 Å². The average molecular weight is 278 g/mol. The van der Waals surface area contributed by atoms with Gasteiger partial charge in [0.15, 0.2) is 0 Å². The molecule has 94 valence electrons. The van der Waals surface area contributed by atoms with Crippen molar-refractivity contribution >= 4 is 23.4 Å². The summed E-state index contributed by atoms with van der Waals surface area (Å²) in [6.45, 7) is 4.01. The summed E-state index contributed by atoms with van der Waals surface area (Å²) < 4.78 is 26.7. The van der Waals surface area contributed by atoms with Gasteiger partial charge < -0.3 is 5.73 Å². The Hall–Kier alpha value is -0.320. The minimum atomic E-state index is -2.84. The second kappa shape index (κ2) is 4.11. The van der Waals surface area contributed by atoms with Crippen LogP contribution in [0.3, 0.4) is 0 Å². The zero-order valence-electron chi connectivity index (χ0n) is 9.64. The number of thioether (sulfide) groups is 1. The van der Waals surface area contributed by atoms with E-state index < -0.39 is 11.5 Å². The third kappa shape index (κ3) is 2.18. The maximum absolute atomic E-state index is 13.4. The minimum absolute atomic E-state index is 0.295. The summed E-state index contributed by atoms with van der Waals surface area (Å²) in [6.07, 6.45) is -0.324. The zero-order valence-corrected chi connectivity index (χ0v) is 11.2. The molecule has 1 aromatic rings. The highest BCUT2D eigenvalue weighted by atomic mass is 35.5. The van der Waals surface area contributed by atoms with Crippen LogP contribution in [0.4, 0.5) is 8.78 Å². The van der Waals surface area contributed by atoms with Crippen molar-refractivity contribution in [2.75, 3.05) is 0 Å². The summed E-state index contributed by atoms with van der Waals surface area (Å²) in [5, 5.41) is 0.624. The molecule has 0 radical (unpaired) electrons. The van der Waals surface area contributed by atoms with E-state index in [-0.39, 0.29) is 6.42 Å². The van der Waals surface area contributed by atoms with Gasteiger partial charge in [0.2, 0.25) is 0 Å². The third-order valence-corrected chi connectivity index (χ3v) is 4.19. The second-order valence-electron chi connectivity index (χ2n) is 4.63. The molecular weight excluding hydrogens is 264 g/mol. The van der Waals surface area contributed by atoms with Crippen LogP contribution in [-0.2, 0) is 5.54 Å². The summed E-state index contributed by atoms with van der Waals surface area (Å²) in [6, 6.07) is 5.18. The van der Waals surface area contributed by atoms with Gasteiger partial charge in [0.25, 0.3) is 5.92 Å². The second-order valence-corrected chi connectivity index (χ2v) is 6.66. The molecule has 1 nitrogen and oxygen atoms in total. The largest absolute Gasteiger partial charge is 0.316 e. The average Bonchev–Trinajstić information content (AvgIpc) is 2.64. The Kier molecular flexibility index (Phi) is 3.17. The first-order chi connectivity index (χ1) is 7.78. The molecular formula is C12H14ClF2NS. The molecule has 0 aromatic heterocycles. The van der Waals surface area contributed by atoms with Crippen LogP contribution in [0.25, 0.3) is 0 Å². The lowest BCUT2D eigenvalue weighted by molar-refractivity contribution is 0.0885. The number of nitrogens with two attached hydrogens (primary N) is 1. The predicted molar refractivity (Wildman–Crippen MR) is 67.9 cm³/mol. The van der Waals surface area contributed by atoms with E-state index in [9.17, 15) is 8.78 Å². The van der Waals surface area contributed by atoms with Crippen LogP contribution in [0.2, 0.25) is 5.02 Å². The lowest BCUT2D eigenvalue weighted by Crippen LogP contribution is -2.28. The summed E-state index contributed by atoms with van der Waals surface area (Å²) in [5.74, 6) is -2.84. The highest BCUT2D eigenvalue weighted by Crippen LogP contribution is 2.60. The monoisotopic (exact) mass is 277 g/mol. The molecule has 5 heteroatoms. The van der Waals surface area contributed by atoms with Crippen LogP contribution in [0, 0.1) is 0 Å². The van der Waals surface area contributed by atoms with Gasteiger partial charge >= 0.3 is 0 Å². The van der Waals surface area contributed by atoms with Crippen molar-refractivity contribution in [3.8, 4) is 0 Å². The van der Waals surface area contributed by atoms with Crippen LogP contribution in [-0.4, -0.2) is 11.2 Å². The molecule has 0 aliphatic heterocycles. The SMILES string of the molecule is CC(C)Sc1cccc(Cl)c1C1(N)CC1(F)F. The predicted octanol–water partition coefficient (Wildman–Crippen LogP) is 4.03. The third-order valence-electron chi connectivity index (χ3n) is 2.81. The van der Waals surface area contributed by atoms with Crippen molar-refractivity contribution in [2.24, 2.45) is 5.73 Å². The summed E-state index contributed by atoms with van der Waals surface area (Å²) >= 11 is 7.55. The van der Waals surface area contributed by atoms with E-state index in [1.807, 2.05) is 13.8 Å². The zero-order chi connectivity index (χ0) is 12.8. The molecule has 1 aliphatic rings. The van der Waals surface area contributed by atoms with Gasteiger partial charge in [0.1, 0.15) is 5.54 Å². The Morgan fingerprint density at radius 1 is 1.41 bits per heavy atom. The fourth-order valence-electron chi connectivity index (χ4n) is 1.87. The van der Waals surface area contributed by atoms with Crippen molar-refractivity contribution < 1.29 is 8.78 Å². The van der Waals surface area contributed by atoms with Gasteiger partial charge in [-0.15, -0.1) is 11.8 Å². The smallest absolute Gasteiger partial charge is 0.272 e. The van der Waals surface area contributed by atoms with Gasteiger partial charge in [-0.1, -0.05) is 31.5 Å². The fraction of sp³-hybridized carbons (Fsp3) is 0.500. The standard InChI is InChI=1S/C12H14ClF2NS/c1-7(2)17-9-5-3-4-8(13)10(9)11(16)6-12(11,14)15/h3-5,7H,6,16H2,1-2H3. The van der Waals surface area contributed by atoms with Crippen molar-refractivity contribution in [2.45, 2.75) is 41.9 Å². The molecule has 0 bridgehead atoms. The first kappa shape index (κ1) is 13.1. The van der Waals surface area contributed by atoms with Gasteiger partial charge in [-0.2, -0.15) is 0 Å². The Labute approximate surface area is 109 Å². The van der Waals surface area contributed by atoms with E-state index in [0.29, 0.717) is 15.8 Å². The number of hydrogen-bond donors (Lipinski definition) is 1. The summed E-state index contributed by atoms with van der Waals surface area (Å²) in [7, 11) is 0. The van der Waals surface area contributed by atoms with Crippen LogP contribution in [0.15, 0.2) is 23.1 Å². The molecule has 2 rings (SSSR count). The number of hydrogen-bond acceptors (Lipinski definition) is 2. The van der Waals surface area contributed by atoms with Crippen molar-refractivity contribution in [3.05, 3.63) is 28.8 Å². The lowest BCUT2D eigenvalue weighted by atomic mass is 10.1. The Bertz CT molecular complexity index is 450. The maximum atomic E-state index is 13.4. The Morgan fingerprint density at radius 3 is 2.47 bits per heavy atom. The molecule has 1 aromatic carbocycles. The molecule has 1 saturated carbocycles. The topological polar surface area (TPSA) is 26.0 Å². The van der Waals surface area contributed by atoms with Crippen LogP contribution in [0.5, 0.6) is 0 Å². The Morgan fingerprint density at radius 2 is 2.00 bits per heavy atom. The molecule has 1 fully saturated rings. The van der Waals surface area contributed by atoms with Crippen molar-refractivity contribution in [3.63, 3.8) is 0 Å². The molecule has 0 amide bonds. The van der Waals surface area contributed by atoms with E-state index in [0.717, 1.165) is 4.90 Å². The number of halogens is 3. The molecule has 2 N–H and O–H groups in total. The summed E-state index contributed by atoms with van der Waals surface area (Å²) in [5.41, 5.74) is 4.59. The molecule has 1 unspecified atom stereocenters. The van der Waals surface area contributed by atoms with Crippen LogP contribution in [0.1, 0.15) is 25.8 Å². The molecule has 0 spiro atoms. The van der Waals surface area contributed by atoms with E-state index in [1.165, 1.54) is 11.8 Å². The number of rotatable bonds is 3. The van der Waals surface area contributed by atoms with E-state index in [2.05, 4.69) is 0 Å². The normalized spacial score (nSPS) is 26.3. The van der Waals surface area contributed by atoms with Gasteiger partial charge in [0, 0.05) is 27.2 Å². The minimum Gasteiger partial charge on any atom is -0.316 e. The first-order valence-corrected chi connectivity index (χ1v) is 6.66. The van der Waals surface area contributed by atoms with Gasteiger partial charge in [-0.05, 0) is 12.1 Å². The molecule has 1 aliphatic carbocycles. The highest BCUT2D eigenvalue weighted by Gasteiger charge is 2.71. The van der Waals surface area contributed by atoms with Gasteiger partial charge in [0.05, 0.1) is 0 Å². The number of benzene rings is 1. The maximum Gasteiger partial charge on any atom is 0.272 e. The molecule has 0 heterocycles. The van der Waals surface area contributed by atoms with Gasteiger partial charge in [-0.25, -0.2) is 8.78 Å². The fourth-order valence-corrected chi connectivity index (χ4v) is 3.34. The molecule has 1 atom stereocenters. The molecule has 0 saturated heterocycles. The highest BCUT2D eigenvalue weighted by molar-refractivity contribution is 8.00. The molecule has 17 heavy (non-hydrogen) atoms. The quantitative estimate of drug-likeness (QED) is 0.844. The Balaban J connectivity index is 2.46. The lowest BCUT2D eigenvalue weighted by Gasteiger charge is -2.18. The van der Waals surface area contributed by atoms with Gasteiger partial charge in [-0.3, -0.25) is 0 Å². The first-order valence-electron chi connectivity index (χ1n) is 5.40. The van der Waals surface area contributed by atoms with Crippen LogP contribution >= 0.6 is 23.4 Å².